The number of carbonyl (C=O) groups is 1. The fraction of sp³-hybridized carbons (Fsp3) is 0.875. The van der Waals surface area contributed by atoms with Crippen LogP contribution in [0.25, 0.3) is 0 Å². The Morgan fingerprint density at radius 3 is 2.25 bits per heavy atom. The second kappa shape index (κ2) is 4.19. The van der Waals surface area contributed by atoms with E-state index in [1.165, 1.54) is 4.90 Å². The lowest BCUT2D eigenvalue weighted by Gasteiger charge is -2.38. The van der Waals surface area contributed by atoms with Crippen molar-refractivity contribution < 1.29 is 26.7 Å². The van der Waals surface area contributed by atoms with Gasteiger partial charge < -0.3 is 9.64 Å². The second-order valence-corrected chi connectivity index (χ2v) is 5.58. The van der Waals surface area contributed by atoms with E-state index in [1.807, 2.05) is 0 Å². The zero-order valence-corrected chi connectivity index (χ0v) is 10.2. The third-order valence-electron chi connectivity index (χ3n) is 1.76. The number of carbonyl (C=O) groups excluding carboxylic acids is 1. The van der Waals surface area contributed by atoms with Gasteiger partial charge in [-0.2, -0.15) is 8.42 Å². The Hall–Kier alpha value is -0.860. The summed E-state index contributed by atoms with van der Waals surface area (Å²) in [6.45, 7) is 5.38. The van der Waals surface area contributed by atoms with E-state index in [1.54, 1.807) is 20.8 Å². The van der Waals surface area contributed by atoms with Crippen LogP contribution in [0.1, 0.15) is 20.8 Å². The highest BCUT2D eigenvalue weighted by molar-refractivity contribution is 7.80. The summed E-state index contributed by atoms with van der Waals surface area (Å²) < 4.78 is 38.4. The molecule has 0 bridgehead atoms. The van der Waals surface area contributed by atoms with Gasteiger partial charge in [-0.1, -0.05) is 0 Å². The van der Waals surface area contributed by atoms with Gasteiger partial charge in [0.2, 0.25) is 0 Å². The summed E-state index contributed by atoms with van der Waals surface area (Å²) in [5, 5.41) is 0. The molecule has 8 heteroatoms. The number of rotatable bonds is 2. The second-order valence-electron chi connectivity index (χ2n) is 4.53. The zero-order chi connectivity index (χ0) is 12.6. The van der Waals surface area contributed by atoms with Gasteiger partial charge in [-0.3, -0.25) is 4.55 Å². The lowest BCUT2D eigenvalue weighted by atomic mass is 10.2. The fourth-order valence-electron chi connectivity index (χ4n) is 1.15. The Balaban J connectivity index is 2.34. The first-order chi connectivity index (χ1) is 7.07. The van der Waals surface area contributed by atoms with Crippen molar-refractivity contribution in [2.45, 2.75) is 32.5 Å². The molecular weight excluding hydrogens is 238 g/mol. The summed E-state index contributed by atoms with van der Waals surface area (Å²) in [5.74, 6) is 0. The van der Waals surface area contributed by atoms with Crippen molar-refractivity contribution in [3.8, 4) is 0 Å². The van der Waals surface area contributed by atoms with Crippen molar-refractivity contribution in [1.82, 2.24) is 4.90 Å². The Morgan fingerprint density at radius 1 is 1.38 bits per heavy atom. The molecule has 16 heavy (non-hydrogen) atoms. The van der Waals surface area contributed by atoms with Crippen molar-refractivity contribution in [2.75, 3.05) is 13.1 Å². The van der Waals surface area contributed by atoms with Crippen molar-refractivity contribution in [1.29, 1.82) is 0 Å². The van der Waals surface area contributed by atoms with E-state index < -0.39 is 28.2 Å². The summed E-state index contributed by atoms with van der Waals surface area (Å²) in [5.41, 5.74) is -0.591. The summed E-state index contributed by atoms with van der Waals surface area (Å²) in [4.78, 5) is 12.7. The number of likely N-dealkylation sites (tertiary alicyclic amines) is 1. The molecule has 1 N–H and O–H groups in total. The molecule has 0 aromatic heterocycles. The van der Waals surface area contributed by atoms with Crippen molar-refractivity contribution in [2.24, 2.45) is 0 Å². The third kappa shape index (κ3) is 4.33. The Labute approximate surface area is 94.3 Å². The minimum atomic E-state index is -4.45. The SMILES string of the molecule is CC(C)(C)OC(=O)N1CC(OS(=O)(=O)O)C1. The highest BCUT2D eigenvalue weighted by atomic mass is 32.3. The normalized spacial score (nSPS) is 18.1. The van der Waals surface area contributed by atoms with Crippen LogP contribution in [0.5, 0.6) is 0 Å². The molecule has 1 heterocycles. The largest absolute Gasteiger partial charge is 0.444 e. The molecule has 0 radical (unpaired) electrons. The average Bonchev–Trinajstić information content (AvgIpc) is 1.89. The molecule has 0 unspecified atom stereocenters. The van der Waals surface area contributed by atoms with Gasteiger partial charge in [-0.25, -0.2) is 8.98 Å². The molecule has 0 aromatic carbocycles. The van der Waals surface area contributed by atoms with Crippen LogP contribution in [-0.4, -0.2) is 48.8 Å². The van der Waals surface area contributed by atoms with Crippen LogP contribution in [0.15, 0.2) is 0 Å². The summed E-state index contributed by atoms with van der Waals surface area (Å²) >= 11 is 0. The Morgan fingerprint density at radius 2 is 1.88 bits per heavy atom. The van der Waals surface area contributed by atoms with Gasteiger partial charge in [0.05, 0.1) is 13.1 Å². The monoisotopic (exact) mass is 253 g/mol. The van der Waals surface area contributed by atoms with Crippen LogP contribution in [0.3, 0.4) is 0 Å². The van der Waals surface area contributed by atoms with Gasteiger partial charge in [0.15, 0.2) is 0 Å². The molecule has 1 aliphatic heterocycles. The maximum Gasteiger partial charge on any atom is 0.410 e. The minimum absolute atomic E-state index is 0.0920. The standard InChI is InChI=1S/C8H15NO6S/c1-8(2,3)14-7(10)9-4-6(5-9)15-16(11,12)13/h6H,4-5H2,1-3H3,(H,11,12,13). The maximum absolute atomic E-state index is 11.4. The van der Waals surface area contributed by atoms with Crippen LogP contribution in [0.2, 0.25) is 0 Å². The molecular formula is C8H15NO6S. The quantitative estimate of drug-likeness (QED) is 0.717. The number of hydrogen-bond donors (Lipinski definition) is 1. The van der Waals surface area contributed by atoms with Crippen molar-refractivity contribution in [3.05, 3.63) is 0 Å². The lowest BCUT2D eigenvalue weighted by molar-refractivity contribution is -0.0232. The first-order valence-electron chi connectivity index (χ1n) is 4.70. The zero-order valence-electron chi connectivity index (χ0n) is 9.34. The van der Waals surface area contributed by atoms with Crippen LogP contribution >= 0.6 is 0 Å². The van der Waals surface area contributed by atoms with Gasteiger partial charge >= 0.3 is 16.5 Å². The first-order valence-corrected chi connectivity index (χ1v) is 6.07. The maximum atomic E-state index is 11.4. The molecule has 1 amide bonds. The third-order valence-corrected chi connectivity index (χ3v) is 2.27. The van der Waals surface area contributed by atoms with Crippen molar-refractivity contribution in [3.63, 3.8) is 0 Å². The molecule has 0 spiro atoms. The predicted molar refractivity (Wildman–Crippen MR) is 54.2 cm³/mol. The lowest BCUT2D eigenvalue weighted by Crippen LogP contribution is -2.56. The van der Waals surface area contributed by atoms with Gasteiger partial charge in [-0.05, 0) is 20.8 Å². The van der Waals surface area contributed by atoms with Crippen LogP contribution < -0.4 is 0 Å². The van der Waals surface area contributed by atoms with Crippen LogP contribution in [0, 0.1) is 0 Å². The molecule has 1 fully saturated rings. The average molecular weight is 253 g/mol. The van der Waals surface area contributed by atoms with Crippen molar-refractivity contribution >= 4 is 16.5 Å². The number of nitrogens with zero attached hydrogens (tertiary/aromatic N) is 1. The van der Waals surface area contributed by atoms with E-state index >= 15 is 0 Å². The van der Waals surface area contributed by atoms with E-state index in [9.17, 15) is 13.2 Å². The number of amides is 1. The summed E-state index contributed by atoms with van der Waals surface area (Å²) in [6, 6.07) is 0. The van der Waals surface area contributed by atoms with Crippen LogP contribution in [-0.2, 0) is 19.3 Å². The van der Waals surface area contributed by atoms with E-state index in [2.05, 4.69) is 4.18 Å². The van der Waals surface area contributed by atoms with E-state index in [0.717, 1.165) is 0 Å². The topological polar surface area (TPSA) is 93.1 Å². The van der Waals surface area contributed by atoms with Gasteiger partial charge in [0.1, 0.15) is 11.7 Å². The summed E-state index contributed by atoms with van der Waals surface area (Å²) in [6.07, 6.45) is -1.22. The smallest absolute Gasteiger partial charge is 0.410 e. The highest BCUT2D eigenvalue weighted by Gasteiger charge is 2.36. The van der Waals surface area contributed by atoms with E-state index in [4.69, 9.17) is 9.29 Å². The van der Waals surface area contributed by atoms with Gasteiger partial charge in [0.25, 0.3) is 0 Å². The minimum Gasteiger partial charge on any atom is -0.444 e. The molecule has 0 saturated carbocycles. The first kappa shape index (κ1) is 13.2. The highest BCUT2D eigenvalue weighted by Crippen LogP contribution is 2.17. The fourth-order valence-corrected chi connectivity index (χ4v) is 1.61. The molecule has 7 nitrogen and oxygen atoms in total. The Bertz CT molecular complexity index is 364. The van der Waals surface area contributed by atoms with E-state index in [0.29, 0.717) is 0 Å². The molecule has 1 aliphatic rings. The molecule has 0 aliphatic carbocycles. The van der Waals surface area contributed by atoms with Gasteiger partial charge in [-0.15, -0.1) is 0 Å². The summed E-state index contributed by atoms with van der Waals surface area (Å²) in [7, 11) is -4.45. The molecule has 1 saturated heterocycles. The molecule has 1 rings (SSSR count). The van der Waals surface area contributed by atoms with Gasteiger partial charge in [0, 0.05) is 0 Å². The predicted octanol–water partition coefficient (Wildman–Crippen LogP) is 0.425. The van der Waals surface area contributed by atoms with Crippen LogP contribution in [0.4, 0.5) is 4.79 Å². The van der Waals surface area contributed by atoms with E-state index in [-0.39, 0.29) is 13.1 Å². The molecule has 0 aromatic rings. The number of hydrogen-bond acceptors (Lipinski definition) is 5. The number of ether oxygens (including phenoxy) is 1. The molecule has 94 valence electrons. The Kier molecular flexibility index (Phi) is 3.46. The molecule has 0 atom stereocenters.